The quantitative estimate of drug-likeness (QED) is 0.180. The Morgan fingerprint density at radius 3 is 2.64 bits per heavy atom. The Morgan fingerprint density at radius 2 is 2.02 bits per heavy atom. The number of ether oxygens (including phenoxy) is 4. The summed E-state index contributed by atoms with van der Waals surface area (Å²) in [4.78, 5) is 19.6. The van der Waals surface area contributed by atoms with Gasteiger partial charge in [-0.25, -0.2) is 0 Å². The topological polar surface area (TPSA) is 87.1 Å². The minimum absolute atomic E-state index is 0.148. The van der Waals surface area contributed by atoms with Crippen molar-refractivity contribution in [3.63, 3.8) is 0 Å². The molecule has 2 aliphatic rings. The molecule has 2 saturated heterocycles. The Labute approximate surface area is 266 Å². The van der Waals surface area contributed by atoms with Crippen LogP contribution < -0.4 is 0 Å². The van der Waals surface area contributed by atoms with Gasteiger partial charge in [0.15, 0.2) is 12.1 Å². The molecule has 0 radical (unpaired) electrons. The zero-order valence-corrected chi connectivity index (χ0v) is 28.5. The van der Waals surface area contributed by atoms with Crippen LogP contribution in [0.5, 0.6) is 0 Å². The monoisotopic (exact) mass is 613 g/mol. The van der Waals surface area contributed by atoms with Gasteiger partial charge in [-0.1, -0.05) is 43.7 Å². The minimum Gasteiger partial charge on any atom is -0.388 e. The van der Waals surface area contributed by atoms with Gasteiger partial charge in [-0.2, -0.15) is 0 Å². The van der Waals surface area contributed by atoms with E-state index < -0.39 is 17.3 Å². The number of aliphatic hydroxyl groups is 1. The van der Waals surface area contributed by atoms with Gasteiger partial charge in [0, 0.05) is 30.8 Å². The summed E-state index contributed by atoms with van der Waals surface area (Å²) in [5.41, 5.74) is 2.11. The molecule has 7 atom stereocenters. The second-order valence-corrected chi connectivity index (χ2v) is 13.9. The highest BCUT2D eigenvalue weighted by molar-refractivity contribution is 5.88. The molecule has 0 amide bonds. The molecule has 0 aliphatic carbocycles. The van der Waals surface area contributed by atoms with E-state index in [1.807, 2.05) is 39.0 Å². The third kappa shape index (κ3) is 10.6. The number of rotatable bonds is 17. The normalized spacial score (nSPS) is 25.0. The molecule has 3 rings (SSSR count). The fourth-order valence-electron chi connectivity index (χ4n) is 6.63. The Balaban J connectivity index is 1.85. The zero-order valence-electron chi connectivity index (χ0n) is 28.5. The smallest absolute Gasteiger partial charge is 0.163 e. The molecule has 1 aromatic heterocycles. The average molecular weight is 614 g/mol. The third-order valence-corrected chi connectivity index (χ3v) is 9.47. The van der Waals surface area contributed by atoms with E-state index in [2.05, 4.69) is 45.3 Å². The molecular formula is C37H59NO6. The van der Waals surface area contributed by atoms with Crippen molar-refractivity contribution in [1.82, 2.24) is 4.98 Å². The maximum Gasteiger partial charge on any atom is 0.163 e. The first-order chi connectivity index (χ1) is 20.9. The summed E-state index contributed by atoms with van der Waals surface area (Å²) < 4.78 is 25.2. The van der Waals surface area contributed by atoms with E-state index in [1.165, 1.54) is 5.57 Å². The average Bonchev–Trinajstić information content (AvgIpc) is 2.99. The lowest BCUT2D eigenvalue weighted by Gasteiger charge is -2.46. The van der Waals surface area contributed by atoms with Gasteiger partial charge in [0.25, 0.3) is 0 Å². The molecule has 0 saturated carbocycles. The van der Waals surface area contributed by atoms with Gasteiger partial charge >= 0.3 is 0 Å². The molecule has 1 N–H and O–H groups in total. The number of aromatic nitrogens is 1. The zero-order chi connectivity index (χ0) is 32.3. The fraction of sp³-hybridized carbons (Fsp3) is 0.730. The van der Waals surface area contributed by atoms with E-state index in [-0.39, 0.29) is 36.1 Å². The maximum atomic E-state index is 15.0. The van der Waals surface area contributed by atoms with Crippen LogP contribution in [0.2, 0.25) is 0 Å². The summed E-state index contributed by atoms with van der Waals surface area (Å²) >= 11 is 0. The van der Waals surface area contributed by atoms with E-state index in [0.29, 0.717) is 38.9 Å². The van der Waals surface area contributed by atoms with E-state index in [9.17, 15) is 9.90 Å². The number of ketones is 1. The highest BCUT2D eigenvalue weighted by atomic mass is 16.7. The Hall–Kier alpha value is -1.90. The van der Waals surface area contributed by atoms with Crippen molar-refractivity contribution in [2.24, 2.45) is 17.3 Å². The number of hydrogen-bond acceptors (Lipinski definition) is 7. The van der Waals surface area contributed by atoms with Gasteiger partial charge < -0.3 is 24.1 Å². The van der Waals surface area contributed by atoms with E-state index in [0.717, 1.165) is 49.8 Å². The summed E-state index contributed by atoms with van der Waals surface area (Å²) in [6, 6.07) is 5.87. The second kappa shape index (κ2) is 17.1. The van der Waals surface area contributed by atoms with Gasteiger partial charge in [0.1, 0.15) is 5.78 Å². The first kappa shape index (κ1) is 36.6. The van der Waals surface area contributed by atoms with Crippen molar-refractivity contribution >= 4 is 5.78 Å². The highest BCUT2D eigenvalue weighted by Crippen LogP contribution is 2.42. The van der Waals surface area contributed by atoms with Crippen LogP contribution in [0.1, 0.15) is 112 Å². The molecule has 44 heavy (non-hydrogen) atoms. The van der Waals surface area contributed by atoms with Crippen LogP contribution in [0.4, 0.5) is 0 Å². The van der Waals surface area contributed by atoms with Crippen molar-refractivity contribution < 1.29 is 28.8 Å². The van der Waals surface area contributed by atoms with Gasteiger partial charge in [0.05, 0.1) is 30.3 Å². The Morgan fingerprint density at radius 1 is 1.25 bits per heavy atom. The largest absolute Gasteiger partial charge is 0.388 e. The summed E-state index contributed by atoms with van der Waals surface area (Å²) in [6.45, 7) is 19.3. The van der Waals surface area contributed by atoms with Crippen molar-refractivity contribution in [3.05, 3.63) is 53.9 Å². The van der Waals surface area contributed by atoms with Crippen molar-refractivity contribution in [2.75, 3.05) is 13.2 Å². The summed E-state index contributed by atoms with van der Waals surface area (Å²) in [5.74, 6) is -0.761. The molecule has 0 spiro atoms. The first-order valence-corrected chi connectivity index (χ1v) is 16.9. The Kier molecular flexibility index (Phi) is 14.2. The van der Waals surface area contributed by atoms with E-state index in [4.69, 9.17) is 18.9 Å². The van der Waals surface area contributed by atoms with Crippen LogP contribution >= 0.6 is 0 Å². The molecule has 0 bridgehead atoms. The van der Waals surface area contributed by atoms with Gasteiger partial charge in [0.2, 0.25) is 0 Å². The second-order valence-electron chi connectivity index (χ2n) is 13.9. The Bertz CT molecular complexity index is 1070. The number of nitrogens with zero attached hydrogens (tertiary/aromatic N) is 1. The van der Waals surface area contributed by atoms with Crippen LogP contribution in [0.25, 0.3) is 0 Å². The van der Waals surface area contributed by atoms with Crippen LogP contribution in [-0.4, -0.2) is 59.5 Å². The number of carbonyl (C=O) groups is 1. The van der Waals surface area contributed by atoms with Crippen molar-refractivity contribution in [1.29, 1.82) is 0 Å². The standard InChI is InChI=1S/C37H59NO6/c1-9-30(35(40)37(8,25-29-17-10-12-22-38-29)32-21-24-42-36(6,7)44-32)34(43-33-18-11-13-23-41-33)28(5)16-14-15-27(4)19-20-31(39)26(2)3/h10,12,17,19,22,28,30-34,39H,2,9,11,13-16,18,20-21,23-25H2,1,3-8H3/t28-,30?,31-,32-,33?,34-,37?/m0/s1. The lowest BCUT2D eigenvalue weighted by atomic mass is 9.67. The number of aliphatic hydroxyl groups excluding tert-OH is 1. The van der Waals surface area contributed by atoms with Crippen LogP contribution in [0.3, 0.4) is 0 Å². The lowest BCUT2D eigenvalue weighted by molar-refractivity contribution is -0.291. The summed E-state index contributed by atoms with van der Waals surface area (Å²) in [6.07, 6.45) is 10.7. The number of hydrogen-bond donors (Lipinski definition) is 1. The van der Waals surface area contributed by atoms with Gasteiger partial charge in [-0.3, -0.25) is 9.78 Å². The van der Waals surface area contributed by atoms with Crippen LogP contribution in [0.15, 0.2) is 48.2 Å². The molecule has 2 fully saturated rings. The molecule has 3 heterocycles. The van der Waals surface area contributed by atoms with Crippen LogP contribution in [0, 0.1) is 17.3 Å². The molecule has 0 aromatic carbocycles. The minimum atomic E-state index is -0.811. The fourth-order valence-corrected chi connectivity index (χ4v) is 6.63. The van der Waals surface area contributed by atoms with E-state index >= 15 is 0 Å². The van der Waals surface area contributed by atoms with Gasteiger partial charge in [-0.05, 0) is 110 Å². The predicted octanol–water partition coefficient (Wildman–Crippen LogP) is 7.76. The first-order valence-electron chi connectivity index (χ1n) is 16.9. The third-order valence-electron chi connectivity index (χ3n) is 9.47. The summed E-state index contributed by atoms with van der Waals surface area (Å²) in [7, 11) is 0. The van der Waals surface area contributed by atoms with Crippen molar-refractivity contribution in [2.45, 2.75) is 143 Å². The lowest BCUT2D eigenvalue weighted by Crippen LogP contribution is -2.55. The molecule has 2 aliphatic heterocycles. The molecular weight excluding hydrogens is 554 g/mol. The van der Waals surface area contributed by atoms with E-state index in [1.54, 1.807) is 6.20 Å². The molecule has 7 nitrogen and oxygen atoms in total. The molecule has 3 unspecified atom stereocenters. The van der Waals surface area contributed by atoms with Crippen LogP contribution in [-0.2, 0) is 30.2 Å². The summed E-state index contributed by atoms with van der Waals surface area (Å²) in [5, 5.41) is 10.1. The highest BCUT2D eigenvalue weighted by Gasteiger charge is 2.50. The van der Waals surface area contributed by atoms with Crippen molar-refractivity contribution in [3.8, 4) is 0 Å². The number of Topliss-reactive ketones (excluding diaryl/α,β-unsaturated/α-hetero) is 1. The number of allylic oxidation sites excluding steroid dienone is 1. The maximum absolute atomic E-state index is 15.0. The number of pyridine rings is 1. The number of carbonyl (C=O) groups excluding carboxylic acids is 1. The van der Waals surface area contributed by atoms with Gasteiger partial charge in [-0.15, -0.1) is 0 Å². The molecule has 7 heteroatoms. The SMILES string of the molecule is C=C(C)[C@@H](O)CC=C(C)CCC[C@H](C)[C@H](OC1CCCCO1)C(CC)C(=O)C(C)(Cc1ccccn1)[C@@H]1CCOC(C)(C)O1. The predicted molar refractivity (Wildman–Crippen MR) is 175 cm³/mol. The molecule has 248 valence electrons. The molecule has 1 aromatic rings.